The number of hydrogen-bond acceptors (Lipinski definition) is 4. The van der Waals surface area contributed by atoms with Gasteiger partial charge in [-0.2, -0.15) is 10.2 Å². The molecule has 5 nitrogen and oxygen atoms in total. The van der Waals surface area contributed by atoms with Gasteiger partial charge in [-0.3, -0.25) is 10.1 Å². The molecule has 2 saturated carbocycles. The van der Waals surface area contributed by atoms with Crippen LogP contribution in [0.25, 0.3) is 0 Å². The molecule has 0 heterocycles. The van der Waals surface area contributed by atoms with Crippen molar-refractivity contribution in [1.29, 1.82) is 0 Å². The van der Waals surface area contributed by atoms with Crippen LogP contribution in [0.1, 0.15) is 45.6 Å². The van der Waals surface area contributed by atoms with Gasteiger partial charge in [0.25, 0.3) is 5.69 Å². The molecule has 122 valence electrons. The molecule has 1 aromatic rings. The summed E-state index contributed by atoms with van der Waals surface area (Å²) in [5.41, 5.74) is 2.04. The fraction of sp³-hybridized carbons (Fsp3) is 0.529. The predicted octanol–water partition coefficient (Wildman–Crippen LogP) is 4.87. The standard InChI is InChI=1S/C17H20ClN3O2/c1-16(2)12-6-7-17(16,3)15(9-12)20-19-10-11-4-5-13(18)14(8-11)21(22)23/h4-5,8,10,12H,6-7,9H2,1-3H3/b19-10+,20-15?. The van der Waals surface area contributed by atoms with Crippen LogP contribution >= 0.6 is 11.6 Å². The van der Waals surface area contributed by atoms with Crippen LogP contribution in [0.15, 0.2) is 28.4 Å². The Kier molecular flexibility index (Phi) is 3.79. The van der Waals surface area contributed by atoms with Crippen LogP contribution in [0.5, 0.6) is 0 Å². The maximum Gasteiger partial charge on any atom is 0.288 e. The maximum absolute atomic E-state index is 10.9. The molecule has 2 aliphatic carbocycles. The van der Waals surface area contributed by atoms with Gasteiger partial charge in [0.1, 0.15) is 5.02 Å². The zero-order valence-electron chi connectivity index (χ0n) is 13.5. The van der Waals surface area contributed by atoms with Crippen molar-refractivity contribution < 1.29 is 4.92 Å². The molecule has 6 heteroatoms. The number of hydrogen-bond donors (Lipinski definition) is 0. The van der Waals surface area contributed by atoms with Crippen molar-refractivity contribution in [2.75, 3.05) is 0 Å². The Morgan fingerprint density at radius 1 is 1.39 bits per heavy atom. The number of fused-ring (bicyclic) bond motifs is 2. The SMILES string of the molecule is CC12CCC(CC1=N/N=C/c1ccc(Cl)c([N+](=O)[O-])c1)C2(C)C. The summed E-state index contributed by atoms with van der Waals surface area (Å²) in [5, 5.41) is 19.7. The lowest BCUT2D eigenvalue weighted by molar-refractivity contribution is -0.384. The predicted molar refractivity (Wildman–Crippen MR) is 92.4 cm³/mol. The third-order valence-corrected chi connectivity index (χ3v) is 6.38. The normalized spacial score (nSPS) is 30.4. The molecule has 2 fully saturated rings. The first-order chi connectivity index (χ1) is 10.8. The van der Waals surface area contributed by atoms with E-state index in [-0.39, 0.29) is 21.5 Å². The average Bonchev–Trinajstić information content (AvgIpc) is 2.82. The van der Waals surface area contributed by atoms with Gasteiger partial charge in [0.05, 0.1) is 11.1 Å². The van der Waals surface area contributed by atoms with Crippen molar-refractivity contribution in [2.45, 2.75) is 40.0 Å². The van der Waals surface area contributed by atoms with Gasteiger partial charge < -0.3 is 0 Å². The Morgan fingerprint density at radius 2 is 2.13 bits per heavy atom. The van der Waals surface area contributed by atoms with Crippen LogP contribution in [0, 0.1) is 26.9 Å². The van der Waals surface area contributed by atoms with E-state index in [2.05, 4.69) is 31.0 Å². The fourth-order valence-corrected chi connectivity index (χ4v) is 4.18. The molecular weight excluding hydrogens is 314 g/mol. The van der Waals surface area contributed by atoms with E-state index < -0.39 is 4.92 Å². The van der Waals surface area contributed by atoms with Crippen molar-refractivity contribution in [3.8, 4) is 0 Å². The van der Waals surface area contributed by atoms with E-state index in [0.29, 0.717) is 11.5 Å². The molecule has 2 aliphatic rings. The van der Waals surface area contributed by atoms with Crippen LogP contribution in [-0.4, -0.2) is 16.8 Å². The lowest BCUT2D eigenvalue weighted by atomic mass is 9.70. The zero-order valence-corrected chi connectivity index (χ0v) is 14.3. The fourth-order valence-electron chi connectivity index (χ4n) is 3.99. The number of benzene rings is 1. The number of nitrogens with zero attached hydrogens (tertiary/aromatic N) is 3. The first-order valence-corrected chi connectivity index (χ1v) is 8.18. The van der Waals surface area contributed by atoms with Gasteiger partial charge in [-0.15, -0.1) is 0 Å². The molecule has 0 aromatic heterocycles. The van der Waals surface area contributed by atoms with Gasteiger partial charge >= 0.3 is 0 Å². The van der Waals surface area contributed by atoms with Gasteiger partial charge in [-0.25, -0.2) is 0 Å². The molecule has 0 amide bonds. The zero-order chi connectivity index (χ0) is 16.8. The van der Waals surface area contributed by atoms with Crippen LogP contribution in [-0.2, 0) is 0 Å². The summed E-state index contributed by atoms with van der Waals surface area (Å²) in [6.45, 7) is 6.92. The molecule has 0 saturated heterocycles. The molecule has 2 atom stereocenters. The molecule has 1 aromatic carbocycles. The maximum atomic E-state index is 10.9. The second-order valence-corrected chi connectivity index (χ2v) is 7.66. The Hall–Kier alpha value is -1.75. The first-order valence-electron chi connectivity index (χ1n) is 7.80. The molecular formula is C17H20ClN3O2. The van der Waals surface area contributed by atoms with Gasteiger partial charge in [0.2, 0.25) is 0 Å². The Morgan fingerprint density at radius 3 is 2.70 bits per heavy atom. The minimum atomic E-state index is -0.495. The number of rotatable bonds is 3. The highest BCUT2D eigenvalue weighted by Crippen LogP contribution is 2.63. The van der Waals surface area contributed by atoms with Crippen molar-refractivity contribution >= 4 is 29.2 Å². The monoisotopic (exact) mass is 333 g/mol. The van der Waals surface area contributed by atoms with Crippen molar-refractivity contribution in [1.82, 2.24) is 0 Å². The van der Waals surface area contributed by atoms with Gasteiger partial charge in [-0.05, 0) is 36.7 Å². The van der Waals surface area contributed by atoms with E-state index in [1.54, 1.807) is 12.3 Å². The summed E-state index contributed by atoms with van der Waals surface area (Å²) in [6, 6.07) is 4.63. The van der Waals surface area contributed by atoms with Crippen LogP contribution in [0.3, 0.4) is 0 Å². The molecule has 0 aliphatic heterocycles. The average molecular weight is 334 g/mol. The summed E-state index contributed by atoms with van der Waals surface area (Å²) in [4.78, 5) is 10.4. The summed E-state index contributed by atoms with van der Waals surface area (Å²) in [7, 11) is 0. The lowest BCUT2D eigenvalue weighted by Gasteiger charge is -2.34. The highest BCUT2D eigenvalue weighted by Gasteiger charge is 2.59. The first kappa shape index (κ1) is 16.1. The lowest BCUT2D eigenvalue weighted by Crippen LogP contribution is -2.32. The van der Waals surface area contributed by atoms with Crippen molar-refractivity contribution in [3.05, 3.63) is 38.9 Å². The Balaban J connectivity index is 1.83. The third kappa shape index (κ3) is 2.47. The van der Waals surface area contributed by atoms with E-state index in [1.165, 1.54) is 18.6 Å². The van der Waals surface area contributed by atoms with Gasteiger partial charge in [0.15, 0.2) is 0 Å². The highest BCUT2D eigenvalue weighted by atomic mass is 35.5. The van der Waals surface area contributed by atoms with E-state index >= 15 is 0 Å². The van der Waals surface area contributed by atoms with E-state index in [1.807, 2.05) is 0 Å². The molecule has 0 spiro atoms. The molecule has 0 N–H and O–H groups in total. The van der Waals surface area contributed by atoms with Gasteiger partial charge in [-0.1, -0.05) is 38.4 Å². The van der Waals surface area contributed by atoms with E-state index in [4.69, 9.17) is 11.6 Å². The van der Waals surface area contributed by atoms with Crippen molar-refractivity contribution in [3.63, 3.8) is 0 Å². The molecule has 2 bridgehead atoms. The smallest absolute Gasteiger partial charge is 0.258 e. The summed E-state index contributed by atoms with van der Waals surface area (Å²) in [5.74, 6) is 0.679. The second kappa shape index (κ2) is 5.41. The summed E-state index contributed by atoms with van der Waals surface area (Å²) in [6.07, 6.45) is 4.97. The topological polar surface area (TPSA) is 67.9 Å². The molecule has 3 rings (SSSR count). The second-order valence-electron chi connectivity index (χ2n) is 7.25. The largest absolute Gasteiger partial charge is 0.288 e. The molecule has 2 unspecified atom stereocenters. The summed E-state index contributed by atoms with van der Waals surface area (Å²) >= 11 is 5.81. The minimum Gasteiger partial charge on any atom is -0.258 e. The molecule has 23 heavy (non-hydrogen) atoms. The van der Waals surface area contributed by atoms with E-state index in [0.717, 1.165) is 18.6 Å². The molecule has 0 radical (unpaired) electrons. The van der Waals surface area contributed by atoms with Gasteiger partial charge in [0, 0.05) is 22.8 Å². The summed E-state index contributed by atoms with van der Waals surface area (Å²) < 4.78 is 0. The Labute approximate surface area is 140 Å². The van der Waals surface area contributed by atoms with Crippen LogP contribution < -0.4 is 0 Å². The number of nitro benzene ring substituents is 1. The minimum absolute atomic E-state index is 0.112. The third-order valence-electron chi connectivity index (χ3n) is 6.06. The highest BCUT2D eigenvalue weighted by molar-refractivity contribution is 6.32. The number of nitro groups is 1. The van der Waals surface area contributed by atoms with Crippen molar-refractivity contribution in [2.24, 2.45) is 27.0 Å². The van der Waals surface area contributed by atoms with Crippen LogP contribution in [0.2, 0.25) is 5.02 Å². The number of halogens is 1. The Bertz CT molecular complexity index is 727. The van der Waals surface area contributed by atoms with Crippen LogP contribution in [0.4, 0.5) is 5.69 Å². The quantitative estimate of drug-likeness (QED) is 0.450. The van der Waals surface area contributed by atoms with E-state index in [9.17, 15) is 10.1 Å².